The highest BCUT2D eigenvalue weighted by atomic mass is 32.2. The minimum Gasteiger partial charge on any atom is -0.463 e. The molecule has 0 amide bonds. The summed E-state index contributed by atoms with van der Waals surface area (Å²) in [6.45, 7) is 3.79. The topological polar surface area (TPSA) is 26.3 Å². The molecule has 2 nitrogen and oxygen atoms in total. The highest BCUT2D eigenvalue weighted by Gasteiger charge is 2.15. The number of hydrogen-bond donors (Lipinski definition) is 0. The molecular formula is C12H22O2S. The maximum Gasteiger partial charge on any atom is 0.306 e. The Hall–Kier alpha value is -0.180. The van der Waals surface area contributed by atoms with Gasteiger partial charge in [-0.1, -0.05) is 6.42 Å². The molecule has 1 aliphatic rings. The predicted molar refractivity (Wildman–Crippen MR) is 65.2 cm³/mol. The van der Waals surface area contributed by atoms with Crippen LogP contribution in [0.15, 0.2) is 0 Å². The van der Waals surface area contributed by atoms with Gasteiger partial charge in [0.15, 0.2) is 0 Å². The van der Waals surface area contributed by atoms with Crippen LogP contribution < -0.4 is 0 Å². The summed E-state index contributed by atoms with van der Waals surface area (Å²) in [5.41, 5.74) is 0. The molecule has 0 aromatic carbocycles. The minimum atomic E-state index is -0.0379. The van der Waals surface area contributed by atoms with E-state index in [4.69, 9.17) is 4.74 Å². The molecule has 0 spiro atoms. The molecule has 1 saturated heterocycles. The molecule has 0 aromatic rings. The van der Waals surface area contributed by atoms with Crippen molar-refractivity contribution in [2.24, 2.45) is 0 Å². The fraction of sp³-hybridized carbons (Fsp3) is 0.917. The first-order valence-corrected chi connectivity index (χ1v) is 7.04. The average Bonchev–Trinajstić information content (AvgIpc) is 2.63. The normalized spacial score (nSPS) is 20.9. The molecule has 0 saturated carbocycles. The highest BCUT2D eigenvalue weighted by Crippen LogP contribution is 2.29. The van der Waals surface area contributed by atoms with Gasteiger partial charge in [-0.05, 0) is 45.3 Å². The van der Waals surface area contributed by atoms with Crippen molar-refractivity contribution in [1.82, 2.24) is 0 Å². The molecule has 15 heavy (non-hydrogen) atoms. The van der Waals surface area contributed by atoms with Gasteiger partial charge in [-0.25, -0.2) is 0 Å². The van der Waals surface area contributed by atoms with E-state index in [1.807, 2.05) is 13.8 Å². The first kappa shape index (κ1) is 12.9. The van der Waals surface area contributed by atoms with E-state index in [0.717, 1.165) is 11.7 Å². The van der Waals surface area contributed by atoms with Crippen LogP contribution in [0, 0.1) is 0 Å². The maximum atomic E-state index is 11.2. The molecule has 1 fully saturated rings. The molecule has 1 atom stereocenters. The van der Waals surface area contributed by atoms with E-state index in [9.17, 15) is 4.79 Å². The highest BCUT2D eigenvalue weighted by molar-refractivity contribution is 8.00. The second-order valence-corrected chi connectivity index (χ2v) is 5.83. The minimum absolute atomic E-state index is 0.0305. The zero-order chi connectivity index (χ0) is 11.1. The fourth-order valence-corrected chi connectivity index (χ4v) is 3.17. The van der Waals surface area contributed by atoms with Crippen LogP contribution in [0.2, 0.25) is 0 Å². The number of carbonyl (C=O) groups excluding carboxylic acids is 1. The number of thioether (sulfide) groups is 1. The van der Waals surface area contributed by atoms with E-state index in [0.29, 0.717) is 6.42 Å². The van der Waals surface area contributed by atoms with Crippen molar-refractivity contribution in [3.05, 3.63) is 0 Å². The lowest BCUT2D eigenvalue weighted by Gasteiger charge is -2.09. The number of carbonyl (C=O) groups is 1. The van der Waals surface area contributed by atoms with Gasteiger partial charge in [0.05, 0.1) is 6.10 Å². The Labute approximate surface area is 97.1 Å². The molecule has 0 N–H and O–H groups in total. The number of hydrogen-bond acceptors (Lipinski definition) is 3. The summed E-state index contributed by atoms with van der Waals surface area (Å²) in [5, 5.41) is 0.867. The molecule has 3 heteroatoms. The van der Waals surface area contributed by atoms with Crippen molar-refractivity contribution in [2.45, 2.75) is 63.7 Å². The van der Waals surface area contributed by atoms with Crippen LogP contribution in [0.5, 0.6) is 0 Å². The van der Waals surface area contributed by atoms with Crippen molar-refractivity contribution in [1.29, 1.82) is 0 Å². The van der Waals surface area contributed by atoms with Crippen molar-refractivity contribution in [2.75, 3.05) is 5.75 Å². The summed E-state index contributed by atoms with van der Waals surface area (Å²) in [7, 11) is 0. The lowest BCUT2D eigenvalue weighted by molar-refractivity contribution is -0.147. The van der Waals surface area contributed by atoms with Crippen LogP contribution in [0.1, 0.15) is 52.4 Å². The Kier molecular flexibility index (Phi) is 6.15. The summed E-state index contributed by atoms with van der Waals surface area (Å²) in [6.07, 6.45) is 6.82. The van der Waals surface area contributed by atoms with E-state index in [-0.39, 0.29) is 12.1 Å². The zero-order valence-corrected chi connectivity index (χ0v) is 10.6. The number of esters is 1. The van der Waals surface area contributed by atoms with Gasteiger partial charge in [-0.15, -0.1) is 0 Å². The zero-order valence-electron chi connectivity index (χ0n) is 9.83. The summed E-state index contributed by atoms with van der Waals surface area (Å²) in [4.78, 5) is 11.2. The van der Waals surface area contributed by atoms with Crippen molar-refractivity contribution in [3.8, 4) is 0 Å². The van der Waals surface area contributed by atoms with Crippen LogP contribution >= 0.6 is 11.8 Å². The summed E-state index contributed by atoms with van der Waals surface area (Å²) >= 11 is 2.10. The molecule has 1 aliphatic heterocycles. The van der Waals surface area contributed by atoms with Gasteiger partial charge in [0.2, 0.25) is 0 Å². The van der Waals surface area contributed by atoms with E-state index in [2.05, 4.69) is 11.8 Å². The standard InChI is InChI=1S/C12H22O2S/c1-10(2)14-12(13)8-4-3-6-11-7-5-9-15-11/h10-11H,3-9H2,1-2H3. The van der Waals surface area contributed by atoms with Crippen LogP contribution in [0.3, 0.4) is 0 Å². The van der Waals surface area contributed by atoms with Gasteiger partial charge >= 0.3 is 5.97 Å². The Bertz CT molecular complexity index is 186. The monoisotopic (exact) mass is 230 g/mol. The van der Waals surface area contributed by atoms with Crippen molar-refractivity contribution < 1.29 is 9.53 Å². The Morgan fingerprint density at radius 1 is 1.47 bits per heavy atom. The van der Waals surface area contributed by atoms with Crippen molar-refractivity contribution >= 4 is 17.7 Å². The summed E-state index contributed by atoms with van der Waals surface area (Å²) in [6, 6.07) is 0. The number of unbranched alkanes of at least 4 members (excludes halogenated alkanes) is 1. The van der Waals surface area contributed by atoms with Crippen LogP contribution in [-0.4, -0.2) is 23.1 Å². The van der Waals surface area contributed by atoms with E-state index in [1.54, 1.807) is 0 Å². The van der Waals surface area contributed by atoms with Gasteiger partial charge < -0.3 is 4.74 Å². The second kappa shape index (κ2) is 7.15. The van der Waals surface area contributed by atoms with Gasteiger partial charge in [0.25, 0.3) is 0 Å². The van der Waals surface area contributed by atoms with E-state index >= 15 is 0 Å². The maximum absolute atomic E-state index is 11.2. The lowest BCUT2D eigenvalue weighted by Crippen LogP contribution is -2.11. The molecule has 1 unspecified atom stereocenters. The molecule has 0 bridgehead atoms. The van der Waals surface area contributed by atoms with Crippen LogP contribution in [0.25, 0.3) is 0 Å². The third-order valence-corrected chi connectivity index (χ3v) is 4.02. The van der Waals surface area contributed by atoms with E-state index < -0.39 is 0 Å². The van der Waals surface area contributed by atoms with Gasteiger partial charge in [-0.3, -0.25) is 4.79 Å². The van der Waals surface area contributed by atoms with Crippen LogP contribution in [0.4, 0.5) is 0 Å². The number of rotatable bonds is 6. The predicted octanol–water partition coefficient (Wildman–Crippen LogP) is 3.39. The van der Waals surface area contributed by atoms with E-state index in [1.165, 1.54) is 31.4 Å². The molecule has 0 aromatic heterocycles. The molecule has 0 aliphatic carbocycles. The molecule has 88 valence electrons. The molecule has 0 radical (unpaired) electrons. The Balaban J connectivity index is 1.94. The fourth-order valence-electron chi connectivity index (χ4n) is 1.84. The average molecular weight is 230 g/mol. The number of ether oxygens (including phenoxy) is 1. The quantitative estimate of drug-likeness (QED) is 0.517. The first-order chi connectivity index (χ1) is 7.18. The second-order valence-electron chi connectivity index (χ2n) is 4.42. The third kappa shape index (κ3) is 6.08. The summed E-state index contributed by atoms with van der Waals surface area (Å²) < 4.78 is 5.08. The molecular weight excluding hydrogens is 208 g/mol. The molecule has 1 rings (SSSR count). The Morgan fingerprint density at radius 2 is 2.27 bits per heavy atom. The van der Waals surface area contributed by atoms with Gasteiger partial charge in [-0.2, -0.15) is 11.8 Å². The summed E-state index contributed by atoms with van der Waals surface area (Å²) in [5.74, 6) is 1.30. The first-order valence-electron chi connectivity index (χ1n) is 5.99. The Morgan fingerprint density at radius 3 is 2.87 bits per heavy atom. The van der Waals surface area contributed by atoms with Gasteiger partial charge in [0.1, 0.15) is 0 Å². The van der Waals surface area contributed by atoms with Gasteiger partial charge in [0, 0.05) is 11.7 Å². The molecule has 1 heterocycles. The largest absolute Gasteiger partial charge is 0.463 e. The lowest BCUT2D eigenvalue weighted by atomic mass is 10.1. The smallest absolute Gasteiger partial charge is 0.306 e. The SMILES string of the molecule is CC(C)OC(=O)CCCCC1CCCS1. The van der Waals surface area contributed by atoms with Crippen LogP contribution in [-0.2, 0) is 9.53 Å². The van der Waals surface area contributed by atoms with Crippen molar-refractivity contribution in [3.63, 3.8) is 0 Å². The third-order valence-electron chi connectivity index (χ3n) is 2.55.